The van der Waals surface area contributed by atoms with Gasteiger partial charge in [0.2, 0.25) is 5.91 Å². The first kappa shape index (κ1) is 14.8. The first-order valence-corrected chi connectivity index (χ1v) is 7.53. The Bertz CT molecular complexity index is 640. The summed E-state index contributed by atoms with van der Waals surface area (Å²) in [6.45, 7) is 0.435. The quantitative estimate of drug-likeness (QED) is 0.913. The second-order valence-electron chi connectivity index (χ2n) is 5.77. The SMILES string of the molecule is COC[C@H](NC(=O)C1Cc2ccccc2C1)c1ccnn1C. The molecule has 3 rings (SSSR count). The van der Waals surface area contributed by atoms with E-state index in [2.05, 4.69) is 22.5 Å². The molecule has 2 aromatic rings. The molecule has 1 heterocycles. The van der Waals surface area contributed by atoms with Crippen LogP contribution in [0.25, 0.3) is 0 Å². The molecule has 1 aliphatic carbocycles. The van der Waals surface area contributed by atoms with Crippen LogP contribution in [0.2, 0.25) is 0 Å². The highest BCUT2D eigenvalue weighted by atomic mass is 16.5. The van der Waals surface area contributed by atoms with Gasteiger partial charge in [0.05, 0.1) is 18.3 Å². The van der Waals surface area contributed by atoms with Crippen LogP contribution in [-0.2, 0) is 29.4 Å². The van der Waals surface area contributed by atoms with Crippen molar-refractivity contribution in [1.82, 2.24) is 15.1 Å². The predicted molar refractivity (Wildman–Crippen MR) is 83.3 cm³/mol. The van der Waals surface area contributed by atoms with E-state index in [0.717, 1.165) is 18.5 Å². The Kier molecular flexibility index (Phi) is 4.24. The van der Waals surface area contributed by atoms with Gasteiger partial charge in [-0.15, -0.1) is 0 Å². The minimum atomic E-state index is -0.172. The summed E-state index contributed by atoms with van der Waals surface area (Å²) in [5.74, 6) is 0.0874. The minimum Gasteiger partial charge on any atom is -0.382 e. The zero-order chi connectivity index (χ0) is 15.5. The first-order chi connectivity index (χ1) is 10.7. The Morgan fingerprint density at radius 1 is 1.36 bits per heavy atom. The Labute approximate surface area is 130 Å². The molecule has 0 fully saturated rings. The number of nitrogens with zero attached hydrogens (tertiary/aromatic N) is 2. The molecule has 1 atom stereocenters. The van der Waals surface area contributed by atoms with Crippen LogP contribution >= 0.6 is 0 Å². The minimum absolute atomic E-state index is 0.00461. The standard InChI is InChI=1S/C17H21N3O2/c1-20-16(7-8-18-20)15(11-22-2)19-17(21)14-9-12-5-3-4-6-13(12)10-14/h3-8,14-15H,9-11H2,1-2H3,(H,19,21)/t15-/m0/s1. The zero-order valence-electron chi connectivity index (χ0n) is 13.0. The van der Waals surface area contributed by atoms with E-state index in [4.69, 9.17) is 4.74 Å². The molecule has 1 aromatic heterocycles. The van der Waals surface area contributed by atoms with Crippen LogP contribution in [0, 0.1) is 5.92 Å². The van der Waals surface area contributed by atoms with Crippen molar-refractivity contribution in [2.24, 2.45) is 13.0 Å². The lowest BCUT2D eigenvalue weighted by Crippen LogP contribution is -2.37. The average molecular weight is 299 g/mol. The summed E-state index contributed by atoms with van der Waals surface area (Å²) in [6.07, 6.45) is 3.36. The fourth-order valence-electron chi connectivity index (χ4n) is 3.13. The van der Waals surface area contributed by atoms with E-state index in [1.807, 2.05) is 25.2 Å². The Balaban J connectivity index is 1.69. The van der Waals surface area contributed by atoms with Crippen molar-refractivity contribution < 1.29 is 9.53 Å². The molecule has 1 aliphatic rings. The van der Waals surface area contributed by atoms with Crippen molar-refractivity contribution in [3.05, 3.63) is 53.3 Å². The number of hydrogen-bond acceptors (Lipinski definition) is 3. The fraction of sp³-hybridized carbons (Fsp3) is 0.412. The topological polar surface area (TPSA) is 56.1 Å². The lowest BCUT2D eigenvalue weighted by molar-refractivity contribution is -0.125. The fourth-order valence-corrected chi connectivity index (χ4v) is 3.13. The van der Waals surface area contributed by atoms with Crippen molar-refractivity contribution in [1.29, 1.82) is 0 Å². The predicted octanol–water partition coefficient (Wildman–Crippen LogP) is 1.64. The summed E-state index contributed by atoms with van der Waals surface area (Å²) < 4.78 is 7.02. The Morgan fingerprint density at radius 2 is 2.05 bits per heavy atom. The van der Waals surface area contributed by atoms with Crippen LogP contribution in [0.1, 0.15) is 22.9 Å². The molecule has 5 nitrogen and oxygen atoms in total. The number of amides is 1. The number of fused-ring (bicyclic) bond motifs is 1. The largest absolute Gasteiger partial charge is 0.382 e. The second kappa shape index (κ2) is 6.32. The second-order valence-corrected chi connectivity index (χ2v) is 5.77. The maximum atomic E-state index is 12.6. The summed E-state index contributed by atoms with van der Waals surface area (Å²) >= 11 is 0. The van der Waals surface area contributed by atoms with Crippen LogP contribution in [0.15, 0.2) is 36.5 Å². The molecule has 22 heavy (non-hydrogen) atoms. The molecule has 1 amide bonds. The maximum absolute atomic E-state index is 12.6. The van der Waals surface area contributed by atoms with Crippen molar-refractivity contribution in [3.63, 3.8) is 0 Å². The number of ether oxygens (including phenoxy) is 1. The number of carbonyl (C=O) groups excluding carboxylic acids is 1. The number of nitrogens with one attached hydrogen (secondary N) is 1. The number of aromatic nitrogens is 2. The van der Waals surface area contributed by atoms with Gasteiger partial charge in [0.25, 0.3) is 0 Å². The van der Waals surface area contributed by atoms with Gasteiger partial charge in [0, 0.05) is 26.3 Å². The summed E-state index contributed by atoms with van der Waals surface area (Å²) in [7, 11) is 3.51. The Morgan fingerprint density at radius 3 is 2.59 bits per heavy atom. The van der Waals surface area contributed by atoms with Crippen molar-refractivity contribution in [2.45, 2.75) is 18.9 Å². The smallest absolute Gasteiger partial charge is 0.224 e. The van der Waals surface area contributed by atoms with E-state index < -0.39 is 0 Å². The van der Waals surface area contributed by atoms with E-state index in [-0.39, 0.29) is 17.9 Å². The van der Waals surface area contributed by atoms with E-state index in [0.29, 0.717) is 6.61 Å². The van der Waals surface area contributed by atoms with Crippen molar-refractivity contribution in [2.75, 3.05) is 13.7 Å². The molecule has 0 saturated carbocycles. The molecule has 1 N–H and O–H groups in total. The van der Waals surface area contributed by atoms with Gasteiger partial charge in [-0.2, -0.15) is 5.10 Å². The van der Waals surface area contributed by atoms with Crippen molar-refractivity contribution >= 4 is 5.91 Å². The molecule has 5 heteroatoms. The third-order valence-electron chi connectivity index (χ3n) is 4.29. The average Bonchev–Trinajstić information content (AvgIpc) is 3.12. The maximum Gasteiger partial charge on any atom is 0.224 e. The molecular weight excluding hydrogens is 278 g/mol. The lowest BCUT2D eigenvalue weighted by Gasteiger charge is -2.20. The highest BCUT2D eigenvalue weighted by Gasteiger charge is 2.29. The summed E-state index contributed by atoms with van der Waals surface area (Å²) in [5, 5.41) is 7.28. The monoisotopic (exact) mass is 299 g/mol. The molecule has 0 bridgehead atoms. The molecule has 0 unspecified atom stereocenters. The van der Waals surface area contributed by atoms with Gasteiger partial charge in [-0.05, 0) is 30.0 Å². The summed E-state index contributed by atoms with van der Waals surface area (Å²) in [5.41, 5.74) is 3.52. The molecule has 0 aliphatic heterocycles. The highest BCUT2D eigenvalue weighted by Crippen LogP contribution is 2.27. The van der Waals surface area contributed by atoms with Gasteiger partial charge in [-0.3, -0.25) is 9.48 Å². The van der Waals surface area contributed by atoms with Gasteiger partial charge in [-0.25, -0.2) is 0 Å². The third kappa shape index (κ3) is 2.90. The van der Waals surface area contributed by atoms with Gasteiger partial charge < -0.3 is 10.1 Å². The number of methoxy groups -OCH3 is 1. The van der Waals surface area contributed by atoms with Crippen LogP contribution in [-0.4, -0.2) is 29.4 Å². The zero-order valence-corrected chi connectivity index (χ0v) is 13.0. The van der Waals surface area contributed by atoms with Crippen LogP contribution < -0.4 is 5.32 Å². The number of aryl methyl sites for hydroxylation is 1. The van der Waals surface area contributed by atoms with E-state index in [1.54, 1.807) is 18.0 Å². The lowest BCUT2D eigenvalue weighted by atomic mass is 10.0. The Hall–Kier alpha value is -2.14. The molecule has 0 radical (unpaired) electrons. The molecule has 116 valence electrons. The van der Waals surface area contributed by atoms with E-state index in [9.17, 15) is 4.79 Å². The number of hydrogen-bond donors (Lipinski definition) is 1. The molecule has 1 aromatic carbocycles. The summed E-state index contributed by atoms with van der Waals surface area (Å²) in [6, 6.07) is 10.0. The normalized spacial score (nSPS) is 15.5. The first-order valence-electron chi connectivity index (χ1n) is 7.53. The molecule has 0 spiro atoms. The van der Waals surface area contributed by atoms with Gasteiger partial charge >= 0.3 is 0 Å². The van der Waals surface area contributed by atoms with Gasteiger partial charge in [-0.1, -0.05) is 24.3 Å². The third-order valence-corrected chi connectivity index (χ3v) is 4.29. The van der Waals surface area contributed by atoms with Gasteiger partial charge in [0.15, 0.2) is 0 Å². The number of benzene rings is 1. The molecule has 0 saturated heterocycles. The van der Waals surface area contributed by atoms with E-state index >= 15 is 0 Å². The van der Waals surface area contributed by atoms with Crippen molar-refractivity contribution in [3.8, 4) is 0 Å². The van der Waals surface area contributed by atoms with Crippen LogP contribution in [0.3, 0.4) is 0 Å². The number of rotatable bonds is 5. The van der Waals surface area contributed by atoms with E-state index in [1.165, 1.54) is 11.1 Å². The summed E-state index contributed by atoms with van der Waals surface area (Å²) in [4.78, 5) is 12.6. The van der Waals surface area contributed by atoms with Gasteiger partial charge in [0.1, 0.15) is 0 Å². The highest BCUT2D eigenvalue weighted by molar-refractivity contribution is 5.80. The molecular formula is C17H21N3O2. The van der Waals surface area contributed by atoms with Crippen LogP contribution in [0.5, 0.6) is 0 Å². The van der Waals surface area contributed by atoms with Crippen LogP contribution in [0.4, 0.5) is 0 Å². The number of carbonyl (C=O) groups is 1.